The van der Waals surface area contributed by atoms with Gasteiger partial charge in [-0.3, -0.25) is 4.68 Å². The van der Waals surface area contributed by atoms with Gasteiger partial charge in [0.2, 0.25) is 0 Å². The molecule has 2 aromatic heterocycles. The topological polar surface area (TPSA) is 56.7 Å². The van der Waals surface area contributed by atoms with E-state index in [1.165, 1.54) is 16.4 Å². The first kappa shape index (κ1) is 9.67. The summed E-state index contributed by atoms with van der Waals surface area (Å²) in [5, 5.41) is 4.14. The van der Waals surface area contributed by atoms with Crippen molar-refractivity contribution in [3.8, 4) is 0 Å². The van der Waals surface area contributed by atoms with Crippen LogP contribution < -0.4 is 5.73 Å². The van der Waals surface area contributed by atoms with Crippen molar-refractivity contribution in [1.82, 2.24) is 14.2 Å². The van der Waals surface area contributed by atoms with Gasteiger partial charge in [-0.15, -0.1) is 0 Å². The fourth-order valence-corrected chi connectivity index (χ4v) is 2.00. The van der Waals surface area contributed by atoms with Crippen molar-refractivity contribution in [2.45, 2.75) is 13.0 Å². The summed E-state index contributed by atoms with van der Waals surface area (Å²) in [4.78, 5) is 1.26. The van der Waals surface area contributed by atoms with E-state index in [0.29, 0.717) is 5.82 Å². The van der Waals surface area contributed by atoms with Gasteiger partial charge in [-0.1, -0.05) is 0 Å². The molecule has 0 unspecified atom stereocenters. The number of halogens is 1. The van der Waals surface area contributed by atoms with Crippen LogP contribution >= 0.6 is 27.5 Å². The van der Waals surface area contributed by atoms with Gasteiger partial charge in [-0.25, -0.2) is 4.37 Å². The van der Waals surface area contributed by atoms with Crippen molar-refractivity contribution < 1.29 is 0 Å². The van der Waals surface area contributed by atoms with Crippen LogP contribution in [0.25, 0.3) is 0 Å². The molecule has 6 heteroatoms. The number of anilines is 1. The second kappa shape index (κ2) is 4.10. The van der Waals surface area contributed by atoms with Gasteiger partial charge in [0.25, 0.3) is 0 Å². The third-order valence-electron chi connectivity index (χ3n) is 1.82. The van der Waals surface area contributed by atoms with Crippen LogP contribution in [-0.2, 0) is 13.0 Å². The monoisotopic (exact) mass is 272 g/mol. The molecule has 0 saturated heterocycles. The molecule has 0 spiro atoms. The Hall–Kier alpha value is -0.880. The summed E-state index contributed by atoms with van der Waals surface area (Å²) >= 11 is 4.84. The molecule has 2 rings (SSSR count). The molecule has 0 atom stereocenters. The zero-order chi connectivity index (χ0) is 9.97. The van der Waals surface area contributed by atoms with Gasteiger partial charge < -0.3 is 5.73 Å². The fraction of sp³-hybridized carbons (Fsp3) is 0.250. The summed E-state index contributed by atoms with van der Waals surface area (Å²) < 4.78 is 6.72. The van der Waals surface area contributed by atoms with Crippen LogP contribution in [0.3, 0.4) is 0 Å². The smallest absolute Gasteiger partial charge is 0.159 e. The largest absolute Gasteiger partial charge is 0.381 e. The zero-order valence-corrected chi connectivity index (χ0v) is 9.75. The summed E-state index contributed by atoms with van der Waals surface area (Å²) in [5.41, 5.74) is 5.60. The highest BCUT2D eigenvalue weighted by atomic mass is 79.9. The Kier molecular flexibility index (Phi) is 2.83. The second-order valence-corrected chi connectivity index (χ2v) is 4.63. The van der Waals surface area contributed by atoms with E-state index in [0.717, 1.165) is 17.4 Å². The maximum absolute atomic E-state index is 5.60. The van der Waals surface area contributed by atoms with Crippen LogP contribution in [0, 0.1) is 0 Å². The molecular weight excluding hydrogens is 264 g/mol. The van der Waals surface area contributed by atoms with E-state index in [1.54, 1.807) is 0 Å². The number of nitrogens with two attached hydrogens (primary N) is 1. The third kappa shape index (κ3) is 2.13. The van der Waals surface area contributed by atoms with Crippen molar-refractivity contribution in [3.05, 3.63) is 27.8 Å². The Morgan fingerprint density at radius 3 is 3.00 bits per heavy atom. The SMILES string of the molecule is Nc1nn(CCc2ccns2)cc1Br. The van der Waals surface area contributed by atoms with E-state index < -0.39 is 0 Å². The molecule has 0 radical (unpaired) electrons. The van der Waals surface area contributed by atoms with Gasteiger partial charge in [0.1, 0.15) is 0 Å². The number of nitrogens with zero attached hydrogens (tertiary/aromatic N) is 3. The minimum Gasteiger partial charge on any atom is -0.381 e. The van der Waals surface area contributed by atoms with E-state index in [-0.39, 0.29) is 0 Å². The van der Waals surface area contributed by atoms with Crippen molar-refractivity contribution in [1.29, 1.82) is 0 Å². The molecule has 0 aliphatic heterocycles. The first-order chi connectivity index (χ1) is 6.75. The molecule has 14 heavy (non-hydrogen) atoms. The average molecular weight is 273 g/mol. The molecular formula is C8H9BrN4S. The molecule has 4 nitrogen and oxygen atoms in total. The minimum absolute atomic E-state index is 0.536. The van der Waals surface area contributed by atoms with E-state index in [1.807, 2.05) is 23.1 Å². The van der Waals surface area contributed by atoms with Crippen LogP contribution in [0.2, 0.25) is 0 Å². The lowest BCUT2D eigenvalue weighted by molar-refractivity contribution is 0.621. The van der Waals surface area contributed by atoms with Gasteiger partial charge in [0.05, 0.1) is 4.47 Å². The molecule has 0 aliphatic rings. The molecule has 74 valence electrons. The minimum atomic E-state index is 0.536. The van der Waals surface area contributed by atoms with Gasteiger partial charge in [0.15, 0.2) is 5.82 Å². The highest BCUT2D eigenvalue weighted by molar-refractivity contribution is 9.10. The molecule has 0 aliphatic carbocycles. The van der Waals surface area contributed by atoms with Gasteiger partial charge in [-0.2, -0.15) is 5.10 Å². The lowest BCUT2D eigenvalue weighted by Crippen LogP contribution is -2.01. The normalized spacial score (nSPS) is 10.6. The summed E-state index contributed by atoms with van der Waals surface area (Å²) in [6, 6.07) is 2.02. The molecule has 2 heterocycles. The number of hydrogen-bond donors (Lipinski definition) is 1. The summed E-state index contributed by atoms with van der Waals surface area (Å²) in [6.07, 6.45) is 4.64. The standard InChI is InChI=1S/C8H9BrN4S/c9-7-5-13(12-8(7)10)4-2-6-1-3-11-14-6/h1,3,5H,2,4H2,(H2,10,12). The first-order valence-corrected chi connectivity index (χ1v) is 5.70. The Bertz CT molecular complexity index is 389. The molecule has 2 aromatic rings. The van der Waals surface area contributed by atoms with Gasteiger partial charge in [0, 0.05) is 30.2 Å². The number of hydrogen-bond acceptors (Lipinski definition) is 4. The van der Waals surface area contributed by atoms with Crippen LogP contribution in [0.5, 0.6) is 0 Å². The lowest BCUT2D eigenvalue weighted by Gasteiger charge is -1.97. The van der Waals surface area contributed by atoms with Crippen LogP contribution in [-0.4, -0.2) is 14.2 Å². The second-order valence-electron chi connectivity index (χ2n) is 2.85. The third-order valence-corrected chi connectivity index (χ3v) is 3.23. The van der Waals surface area contributed by atoms with E-state index in [4.69, 9.17) is 5.73 Å². The van der Waals surface area contributed by atoms with Crippen molar-refractivity contribution in [2.75, 3.05) is 5.73 Å². The van der Waals surface area contributed by atoms with Crippen molar-refractivity contribution in [2.24, 2.45) is 0 Å². The van der Waals surface area contributed by atoms with Crippen LogP contribution in [0.15, 0.2) is 22.9 Å². The molecule has 0 amide bonds. The molecule has 0 bridgehead atoms. The quantitative estimate of drug-likeness (QED) is 0.929. The Morgan fingerprint density at radius 2 is 2.43 bits per heavy atom. The molecule has 0 fully saturated rings. The number of nitrogen functional groups attached to an aromatic ring is 1. The highest BCUT2D eigenvalue weighted by Gasteiger charge is 2.02. The maximum atomic E-state index is 5.60. The number of aromatic nitrogens is 3. The maximum Gasteiger partial charge on any atom is 0.159 e. The van der Waals surface area contributed by atoms with Gasteiger partial charge >= 0.3 is 0 Å². The van der Waals surface area contributed by atoms with E-state index in [9.17, 15) is 0 Å². The molecule has 0 aromatic carbocycles. The number of aryl methyl sites for hydroxylation is 2. The summed E-state index contributed by atoms with van der Waals surface area (Å²) in [5.74, 6) is 0.536. The van der Waals surface area contributed by atoms with E-state index in [2.05, 4.69) is 25.4 Å². The predicted octanol–water partition coefficient (Wildman–Crippen LogP) is 1.93. The first-order valence-electron chi connectivity index (χ1n) is 4.13. The highest BCUT2D eigenvalue weighted by Crippen LogP contribution is 2.16. The van der Waals surface area contributed by atoms with E-state index >= 15 is 0 Å². The summed E-state index contributed by atoms with van der Waals surface area (Å²) in [7, 11) is 0. The fourth-order valence-electron chi connectivity index (χ4n) is 1.12. The van der Waals surface area contributed by atoms with Crippen molar-refractivity contribution in [3.63, 3.8) is 0 Å². The Labute approximate surface area is 94.0 Å². The lowest BCUT2D eigenvalue weighted by atomic mass is 10.3. The summed E-state index contributed by atoms with van der Waals surface area (Å²) in [6.45, 7) is 0.831. The Morgan fingerprint density at radius 1 is 1.57 bits per heavy atom. The Balaban J connectivity index is 1.98. The number of rotatable bonds is 3. The molecule has 2 N–H and O–H groups in total. The van der Waals surface area contributed by atoms with Gasteiger partial charge in [-0.05, 0) is 33.5 Å². The van der Waals surface area contributed by atoms with Crippen LogP contribution in [0.1, 0.15) is 4.88 Å². The zero-order valence-electron chi connectivity index (χ0n) is 7.35. The van der Waals surface area contributed by atoms with Crippen LogP contribution in [0.4, 0.5) is 5.82 Å². The average Bonchev–Trinajstić information content (AvgIpc) is 2.74. The van der Waals surface area contributed by atoms with Crippen molar-refractivity contribution >= 4 is 33.3 Å². The molecule has 0 saturated carbocycles. The predicted molar refractivity (Wildman–Crippen MR) is 60.2 cm³/mol.